The Kier molecular flexibility index (Phi) is 6.50. The number of rotatable bonds is 4. The smallest absolute Gasteiger partial charge is 0.257 e. The maximum Gasteiger partial charge on any atom is 0.257 e. The predicted molar refractivity (Wildman–Crippen MR) is 110 cm³/mol. The molecule has 1 saturated heterocycles. The molecule has 0 radical (unpaired) electrons. The van der Waals surface area contributed by atoms with Crippen molar-refractivity contribution in [3.63, 3.8) is 0 Å². The van der Waals surface area contributed by atoms with E-state index < -0.39 is 0 Å². The molecule has 2 amide bonds. The number of hydrogen-bond donors (Lipinski definition) is 1. The topological polar surface area (TPSA) is 75.9 Å². The Morgan fingerprint density at radius 1 is 1.07 bits per heavy atom. The number of nitrogens with zero attached hydrogens (tertiary/aromatic N) is 2. The molecule has 6 nitrogen and oxygen atoms in total. The summed E-state index contributed by atoms with van der Waals surface area (Å²) < 4.78 is 5.59. The maximum atomic E-state index is 13.0. The van der Waals surface area contributed by atoms with Gasteiger partial charge in [0.2, 0.25) is 5.91 Å². The van der Waals surface area contributed by atoms with Crippen molar-refractivity contribution in [3.8, 4) is 5.75 Å². The third-order valence-corrected chi connectivity index (χ3v) is 6.56. The van der Waals surface area contributed by atoms with E-state index >= 15 is 0 Å². The zero-order chi connectivity index (χ0) is 19.0. The Morgan fingerprint density at radius 3 is 2.36 bits per heavy atom. The van der Waals surface area contributed by atoms with E-state index in [4.69, 9.17) is 10.5 Å². The Morgan fingerprint density at radius 2 is 1.71 bits per heavy atom. The van der Waals surface area contributed by atoms with Crippen LogP contribution >= 0.6 is 12.4 Å². The summed E-state index contributed by atoms with van der Waals surface area (Å²) in [5, 5.41) is 0. The Balaban J connectivity index is 0.00000225. The van der Waals surface area contributed by atoms with Gasteiger partial charge in [0.25, 0.3) is 5.91 Å². The van der Waals surface area contributed by atoms with Crippen LogP contribution in [0.1, 0.15) is 36.5 Å². The van der Waals surface area contributed by atoms with Gasteiger partial charge in [0.15, 0.2) is 0 Å². The van der Waals surface area contributed by atoms with Gasteiger partial charge < -0.3 is 20.3 Å². The van der Waals surface area contributed by atoms with Crippen molar-refractivity contribution in [1.82, 2.24) is 9.80 Å². The highest BCUT2D eigenvalue weighted by Gasteiger charge is 2.50. The van der Waals surface area contributed by atoms with E-state index in [9.17, 15) is 9.59 Å². The van der Waals surface area contributed by atoms with Crippen molar-refractivity contribution in [2.75, 3.05) is 32.8 Å². The van der Waals surface area contributed by atoms with Crippen LogP contribution in [0.2, 0.25) is 0 Å². The fourth-order valence-corrected chi connectivity index (χ4v) is 5.14. The van der Waals surface area contributed by atoms with Gasteiger partial charge in [-0.15, -0.1) is 12.4 Å². The number of carbonyl (C=O) groups is 2. The minimum Gasteiger partial charge on any atom is -0.493 e. The van der Waals surface area contributed by atoms with Gasteiger partial charge in [0, 0.05) is 32.2 Å². The maximum absolute atomic E-state index is 13.0. The van der Waals surface area contributed by atoms with Crippen LogP contribution in [-0.4, -0.2) is 60.4 Å². The number of nitrogens with two attached hydrogens (primary N) is 1. The monoisotopic (exact) mass is 407 g/mol. The molecule has 4 rings (SSSR count). The number of halogens is 1. The number of benzene rings is 1. The van der Waals surface area contributed by atoms with Crippen LogP contribution in [0.3, 0.4) is 0 Å². The van der Waals surface area contributed by atoms with Gasteiger partial charge in [-0.1, -0.05) is 12.1 Å². The standard InChI is InChI=1S/C21H29N3O3.ClH/c1-2-27-17-6-4-3-5-16(17)20(25)23-9-11-24(12-10-23)21(26)18-14-7-8-15(13-14)19(18)22;/h3-6,14-15,18-19H,2,7-13,22H2,1H3;1H. The summed E-state index contributed by atoms with van der Waals surface area (Å²) in [4.78, 5) is 29.7. The number of amides is 2. The molecule has 7 heteroatoms. The first kappa shape index (κ1) is 20.9. The molecule has 3 fully saturated rings. The molecule has 1 aromatic rings. The molecule has 2 aliphatic carbocycles. The van der Waals surface area contributed by atoms with Crippen LogP contribution in [0.25, 0.3) is 0 Å². The van der Waals surface area contributed by atoms with Gasteiger partial charge in [-0.25, -0.2) is 0 Å². The van der Waals surface area contributed by atoms with E-state index in [0.717, 1.165) is 12.8 Å². The number of piperazine rings is 1. The summed E-state index contributed by atoms with van der Waals surface area (Å²) in [7, 11) is 0. The van der Waals surface area contributed by atoms with Crippen molar-refractivity contribution >= 4 is 24.2 Å². The highest BCUT2D eigenvalue weighted by Crippen LogP contribution is 2.48. The predicted octanol–water partition coefficient (Wildman–Crippen LogP) is 2.16. The third kappa shape index (κ3) is 3.72. The fourth-order valence-electron chi connectivity index (χ4n) is 5.14. The zero-order valence-corrected chi connectivity index (χ0v) is 17.2. The van der Waals surface area contributed by atoms with E-state index in [1.54, 1.807) is 6.07 Å². The number of ether oxygens (including phenoxy) is 1. The molecule has 4 unspecified atom stereocenters. The minimum atomic E-state index is -0.0252. The third-order valence-electron chi connectivity index (χ3n) is 6.56. The largest absolute Gasteiger partial charge is 0.493 e. The average molecular weight is 408 g/mol. The quantitative estimate of drug-likeness (QED) is 0.829. The summed E-state index contributed by atoms with van der Waals surface area (Å²) in [6, 6.07) is 7.38. The second kappa shape index (κ2) is 8.70. The Hall–Kier alpha value is -1.79. The molecule has 3 aliphatic rings. The molecule has 28 heavy (non-hydrogen) atoms. The highest BCUT2D eigenvalue weighted by molar-refractivity contribution is 5.97. The SMILES string of the molecule is CCOc1ccccc1C(=O)N1CCN(C(=O)C2C3CCC(C3)C2N)CC1.Cl. The second-order valence-corrected chi connectivity index (χ2v) is 7.98. The van der Waals surface area contributed by atoms with Gasteiger partial charge in [-0.05, 0) is 50.2 Å². The van der Waals surface area contributed by atoms with Crippen molar-refractivity contribution in [2.45, 2.75) is 32.2 Å². The lowest BCUT2D eigenvalue weighted by molar-refractivity contribution is -0.139. The molecule has 0 spiro atoms. The van der Waals surface area contributed by atoms with E-state index in [1.807, 2.05) is 34.9 Å². The zero-order valence-electron chi connectivity index (χ0n) is 16.4. The van der Waals surface area contributed by atoms with Crippen molar-refractivity contribution < 1.29 is 14.3 Å². The lowest BCUT2D eigenvalue weighted by atomic mass is 9.84. The minimum absolute atomic E-state index is 0. The van der Waals surface area contributed by atoms with Crippen LogP contribution in [0.15, 0.2) is 24.3 Å². The van der Waals surface area contributed by atoms with Crippen LogP contribution in [0.4, 0.5) is 0 Å². The van der Waals surface area contributed by atoms with E-state index in [2.05, 4.69) is 0 Å². The first-order valence-electron chi connectivity index (χ1n) is 10.2. The number of hydrogen-bond acceptors (Lipinski definition) is 4. The summed E-state index contributed by atoms with van der Waals surface area (Å²) in [5.74, 6) is 1.79. The lowest BCUT2D eigenvalue weighted by Crippen LogP contribution is -2.54. The van der Waals surface area contributed by atoms with Crippen molar-refractivity contribution in [1.29, 1.82) is 0 Å². The summed E-state index contributed by atoms with van der Waals surface area (Å²) in [6.45, 7) is 4.72. The van der Waals surface area contributed by atoms with Crippen molar-refractivity contribution in [2.24, 2.45) is 23.5 Å². The average Bonchev–Trinajstić information content (AvgIpc) is 3.29. The second-order valence-electron chi connectivity index (χ2n) is 7.98. The van der Waals surface area contributed by atoms with Gasteiger partial charge in [0.1, 0.15) is 5.75 Å². The molecule has 4 atom stereocenters. The Labute approximate surface area is 172 Å². The number of fused-ring (bicyclic) bond motifs is 2. The molecular weight excluding hydrogens is 378 g/mol. The number of para-hydroxylation sites is 1. The summed E-state index contributed by atoms with van der Waals surface area (Å²) in [6.07, 6.45) is 3.43. The van der Waals surface area contributed by atoms with Gasteiger partial charge >= 0.3 is 0 Å². The first-order chi connectivity index (χ1) is 13.1. The fraction of sp³-hybridized carbons (Fsp3) is 0.619. The molecule has 2 saturated carbocycles. The van der Waals surface area contributed by atoms with Gasteiger partial charge in [-0.2, -0.15) is 0 Å². The lowest BCUT2D eigenvalue weighted by Gasteiger charge is -2.38. The molecule has 0 aromatic heterocycles. The van der Waals surface area contributed by atoms with Crippen LogP contribution in [0.5, 0.6) is 5.75 Å². The summed E-state index contributed by atoms with van der Waals surface area (Å²) >= 11 is 0. The molecule has 2 N–H and O–H groups in total. The molecule has 1 aliphatic heterocycles. The Bertz CT molecular complexity index is 719. The van der Waals surface area contributed by atoms with E-state index in [-0.39, 0.29) is 36.2 Å². The normalized spacial score (nSPS) is 28.8. The van der Waals surface area contributed by atoms with Crippen LogP contribution in [-0.2, 0) is 4.79 Å². The highest BCUT2D eigenvalue weighted by atomic mass is 35.5. The van der Waals surface area contributed by atoms with Gasteiger partial charge in [0.05, 0.1) is 18.1 Å². The summed E-state index contributed by atoms with van der Waals surface area (Å²) in [5.41, 5.74) is 6.93. The van der Waals surface area contributed by atoms with Crippen LogP contribution in [0, 0.1) is 17.8 Å². The van der Waals surface area contributed by atoms with E-state index in [1.165, 1.54) is 6.42 Å². The van der Waals surface area contributed by atoms with Crippen LogP contribution < -0.4 is 10.5 Å². The van der Waals surface area contributed by atoms with Crippen molar-refractivity contribution in [3.05, 3.63) is 29.8 Å². The molecule has 1 heterocycles. The molecule has 1 aromatic carbocycles. The molecule has 2 bridgehead atoms. The molecule has 154 valence electrons. The molecular formula is C21H30ClN3O3. The number of carbonyl (C=O) groups excluding carboxylic acids is 2. The van der Waals surface area contributed by atoms with Gasteiger partial charge in [-0.3, -0.25) is 9.59 Å². The first-order valence-corrected chi connectivity index (χ1v) is 10.2. The van der Waals surface area contributed by atoms with E-state index in [0.29, 0.717) is 55.9 Å².